The van der Waals surface area contributed by atoms with E-state index in [1.807, 2.05) is 12.3 Å². The molecule has 4 aromatic heterocycles. The molecule has 7 rings (SSSR count). The van der Waals surface area contributed by atoms with Crippen molar-refractivity contribution in [1.82, 2.24) is 39.3 Å². The molecule has 3 fully saturated rings. The number of hydrogen-bond donors (Lipinski definition) is 2. The fourth-order valence-electron chi connectivity index (χ4n) is 5.40. The summed E-state index contributed by atoms with van der Waals surface area (Å²) >= 11 is 0. The van der Waals surface area contributed by atoms with E-state index in [-0.39, 0.29) is 0 Å². The highest BCUT2D eigenvalue weighted by atomic mass is 15.3. The smallest absolute Gasteiger partial charge is 0.138 e. The molecule has 0 amide bonds. The number of aliphatic imine (C=N–C) groups is 1. The lowest BCUT2D eigenvalue weighted by atomic mass is 9.83. The number of nitrogens with one attached hydrogen (secondary N) is 1. The number of pyridine rings is 2. The van der Waals surface area contributed by atoms with Gasteiger partial charge in [0.1, 0.15) is 24.0 Å². The summed E-state index contributed by atoms with van der Waals surface area (Å²) in [6.07, 6.45) is 16.4. The van der Waals surface area contributed by atoms with Gasteiger partial charge in [-0.1, -0.05) is 6.07 Å². The highest BCUT2D eigenvalue weighted by molar-refractivity contribution is 6.38. The minimum absolute atomic E-state index is 0.420. The number of nitrogens with two attached hydrogens (primary N) is 1. The van der Waals surface area contributed by atoms with Crippen molar-refractivity contribution in [3.63, 3.8) is 0 Å². The fourth-order valence-corrected chi connectivity index (χ4v) is 5.40. The zero-order valence-corrected chi connectivity index (χ0v) is 20.7. The summed E-state index contributed by atoms with van der Waals surface area (Å²) in [7, 11) is 0. The molecule has 3 aliphatic rings. The molecule has 0 radical (unpaired) electrons. The quantitative estimate of drug-likeness (QED) is 0.205. The third kappa shape index (κ3) is 5.27. The number of hydrazone groups is 1. The molecular weight excluding hydrogens is 466 g/mol. The van der Waals surface area contributed by atoms with Crippen LogP contribution < -0.4 is 11.2 Å². The van der Waals surface area contributed by atoms with Crippen LogP contribution in [0.3, 0.4) is 0 Å². The minimum atomic E-state index is 0.420. The first-order chi connectivity index (χ1) is 18.2. The van der Waals surface area contributed by atoms with Gasteiger partial charge in [-0.2, -0.15) is 10.2 Å². The summed E-state index contributed by atoms with van der Waals surface area (Å²) in [4.78, 5) is 20.1. The lowest BCUT2D eigenvalue weighted by Crippen LogP contribution is -2.52. The van der Waals surface area contributed by atoms with Gasteiger partial charge in [0.25, 0.3) is 0 Å². The third-order valence-corrected chi connectivity index (χ3v) is 7.35. The molecule has 0 aliphatic carbocycles. The molecule has 3 saturated heterocycles. The van der Waals surface area contributed by atoms with Crippen LogP contribution in [0, 0.1) is 5.92 Å². The molecule has 0 spiro atoms. The summed E-state index contributed by atoms with van der Waals surface area (Å²) in [5.41, 5.74) is 5.05. The van der Waals surface area contributed by atoms with Gasteiger partial charge < -0.3 is 15.6 Å². The van der Waals surface area contributed by atoms with E-state index in [1.165, 1.54) is 44.2 Å². The van der Waals surface area contributed by atoms with Gasteiger partial charge in [0.05, 0.1) is 24.1 Å². The first kappa shape index (κ1) is 23.4. The van der Waals surface area contributed by atoms with Crippen LogP contribution in [0.5, 0.6) is 0 Å². The molecule has 11 nitrogen and oxygen atoms in total. The summed E-state index contributed by atoms with van der Waals surface area (Å²) in [5.74, 6) is 6.58. The molecular formula is C26H31N11. The van der Waals surface area contributed by atoms with Gasteiger partial charge in [0, 0.05) is 49.5 Å². The van der Waals surface area contributed by atoms with Gasteiger partial charge in [0.15, 0.2) is 0 Å². The second kappa shape index (κ2) is 10.6. The Balaban J connectivity index is 1.06. The molecule has 7 heterocycles. The maximum atomic E-state index is 5.64. The van der Waals surface area contributed by atoms with E-state index in [4.69, 9.17) is 10.8 Å². The zero-order chi connectivity index (χ0) is 25.0. The average Bonchev–Trinajstić information content (AvgIpc) is 3.62. The molecule has 0 saturated carbocycles. The van der Waals surface area contributed by atoms with Crippen molar-refractivity contribution in [3.8, 4) is 5.69 Å². The Kier molecular flexibility index (Phi) is 6.70. The highest BCUT2D eigenvalue weighted by Gasteiger charge is 2.32. The van der Waals surface area contributed by atoms with Gasteiger partial charge in [-0.15, -0.1) is 0 Å². The van der Waals surface area contributed by atoms with E-state index in [9.17, 15) is 0 Å². The van der Waals surface area contributed by atoms with Crippen LogP contribution in [0.4, 0.5) is 0 Å². The normalized spacial score (nSPS) is 21.8. The first-order valence-corrected chi connectivity index (χ1v) is 12.7. The Bertz CT molecular complexity index is 1400. The minimum Gasteiger partial charge on any atom is -0.323 e. The second-order valence-electron chi connectivity index (χ2n) is 9.79. The van der Waals surface area contributed by atoms with Crippen LogP contribution in [0.15, 0.2) is 65.7 Å². The monoisotopic (exact) mass is 497 g/mol. The van der Waals surface area contributed by atoms with Crippen LogP contribution in [-0.4, -0.2) is 71.6 Å². The van der Waals surface area contributed by atoms with Crippen molar-refractivity contribution >= 4 is 17.6 Å². The summed E-state index contributed by atoms with van der Waals surface area (Å²) in [5, 5.41) is 11.7. The van der Waals surface area contributed by atoms with Crippen molar-refractivity contribution in [2.45, 2.75) is 38.4 Å². The fraction of sp³-hybridized carbons (Fsp3) is 0.385. The zero-order valence-electron chi connectivity index (χ0n) is 20.7. The molecule has 3 aliphatic heterocycles. The van der Waals surface area contributed by atoms with E-state index >= 15 is 0 Å². The molecule has 37 heavy (non-hydrogen) atoms. The average molecular weight is 498 g/mol. The van der Waals surface area contributed by atoms with Crippen LogP contribution in [-0.2, 0) is 13.1 Å². The lowest BCUT2D eigenvalue weighted by molar-refractivity contribution is 0.0495. The Hall–Kier alpha value is -3.96. The van der Waals surface area contributed by atoms with Gasteiger partial charge in [0.2, 0.25) is 0 Å². The standard InChI is InChI=1S/C26H31N11/c27-34-25(21-8-24(13-29-10-21)37-18-31-17-32-37)14-30-11-22-16-36-15-20(1-2-26(36)33-22)9-28-12-23-7-19-3-5-35(23)6-4-19/h1-2,8,10,13-19,23,28H,3-7,9,11-12,27H2. The molecule has 4 aromatic rings. The number of fused-ring (bicyclic) bond motifs is 4. The van der Waals surface area contributed by atoms with E-state index in [0.29, 0.717) is 18.3 Å². The molecule has 2 bridgehead atoms. The molecule has 1 atom stereocenters. The van der Waals surface area contributed by atoms with Crippen LogP contribution in [0.1, 0.15) is 36.1 Å². The van der Waals surface area contributed by atoms with Crippen LogP contribution in [0.2, 0.25) is 0 Å². The predicted octanol–water partition coefficient (Wildman–Crippen LogP) is 1.82. The van der Waals surface area contributed by atoms with Crippen molar-refractivity contribution < 1.29 is 0 Å². The van der Waals surface area contributed by atoms with Crippen molar-refractivity contribution in [1.29, 1.82) is 0 Å². The van der Waals surface area contributed by atoms with Gasteiger partial charge >= 0.3 is 0 Å². The molecule has 190 valence electrons. The molecule has 11 heteroatoms. The SMILES string of the molecule is NN=C(C=NCc1cn2cc(CNCC3CC4CCN3CC4)ccc2n1)c1cncc(-n2cncn2)c1. The van der Waals surface area contributed by atoms with E-state index in [2.05, 4.69) is 58.1 Å². The van der Waals surface area contributed by atoms with Crippen LogP contribution in [0.25, 0.3) is 11.3 Å². The lowest BCUT2D eigenvalue weighted by Gasteiger charge is -2.45. The van der Waals surface area contributed by atoms with Gasteiger partial charge in [-0.3, -0.25) is 14.9 Å². The number of hydrogen-bond acceptors (Lipinski definition) is 9. The Morgan fingerprint density at radius 3 is 2.86 bits per heavy atom. The van der Waals surface area contributed by atoms with Crippen LogP contribution >= 0.6 is 0 Å². The predicted molar refractivity (Wildman–Crippen MR) is 142 cm³/mol. The molecule has 0 aromatic carbocycles. The molecule has 1 unspecified atom stereocenters. The van der Waals surface area contributed by atoms with E-state index in [1.54, 1.807) is 29.6 Å². The Morgan fingerprint density at radius 2 is 2.08 bits per heavy atom. The van der Waals surface area contributed by atoms with Gasteiger partial charge in [-0.05, 0) is 56.0 Å². The maximum absolute atomic E-state index is 5.64. The third-order valence-electron chi connectivity index (χ3n) is 7.35. The van der Waals surface area contributed by atoms with Gasteiger partial charge in [-0.25, -0.2) is 14.6 Å². The van der Waals surface area contributed by atoms with E-state index < -0.39 is 0 Å². The highest BCUT2D eigenvalue weighted by Crippen LogP contribution is 2.31. The largest absolute Gasteiger partial charge is 0.323 e. The maximum Gasteiger partial charge on any atom is 0.138 e. The second-order valence-corrected chi connectivity index (χ2v) is 9.79. The van der Waals surface area contributed by atoms with E-state index in [0.717, 1.165) is 41.6 Å². The molecule has 3 N–H and O–H groups in total. The number of aromatic nitrogens is 6. The topological polar surface area (TPSA) is 127 Å². The van der Waals surface area contributed by atoms with Crippen molar-refractivity contribution in [2.75, 3.05) is 19.6 Å². The Labute approximate surface area is 215 Å². The number of rotatable bonds is 9. The number of imidazole rings is 1. The summed E-state index contributed by atoms with van der Waals surface area (Å²) in [6, 6.07) is 6.78. The summed E-state index contributed by atoms with van der Waals surface area (Å²) < 4.78 is 3.69. The van der Waals surface area contributed by atoms with Crippen molar-refractivity contribution in [2.24, 2.45) is 21.9 Å². The number of nitrogens with zero attached hydrogens (tertiary/aromatic N) is 9. The Morgan fingerprint density at radius 1 is 1.16 bits per heavy atom. The van der Waals surface area contributed by atoms with Crippen molar-refractivity contribution in [3.05, 3.63) is 72.5 Å². The number of piperidine rings is 3. The summed E-state index contributed by atoms with van der Waals surface area (Å²) in [6.45, 7) is 4.88. The first-order valence-electron chi connectivity index (χ1n) is 12.7.